The number of rotatable bonds is 3. The van der Waals surface area contributed by atoms with Gasteiger partial charge in [0.15, 0.2) is 0 Å². The number of ether oxygens (including phenoxy) is 1. The van der Waals surface area contributed by atoms with Crippen LogP contribution in [-0.4, -0.2) is 17.6 Å². The number of benzene rings is 1. The Morgan fingerprint density at radius 3 is 2.33 bits per heavy atom. The average molecular weight is 324 g/mol. The largest absolute Gasteiger partial charge is 0.458 e. The first kappa shape index (κ1) is 17.6. The number of carbonyl (C=O) groups is 1. The summed E-state index contributed by atoms with van der Waals surface area (Å²) in [5.41, 5.74) is -1.47. The molecule has 1 atom stereocenters. The molecule has 1 unspecified atom stereocenters. The molecule has 7 heteroatoms. The lowest BCUT2D eigenvalue weighted by Crippen LogP contribution is -2.34. The molecular formula is C14H17ClF3NO2. The van der Waals surface area contributed by atoms with E-state index in [4.69, 9.17) is 16.3 Å². The van der Waals surface area contributed by atoms with Crippen LogP contribution in [0.5, 0.6) is 0 Å². The summed E-state index contributed by atoms with van der Waals surface area (Å²) in [5.74, 6) is -0.550. The molecule has 21 heavy (non-hydrogen) atoms. The monoisotopic (exact) mass is 323 g/mol. The van der Waals surface area contributed by atoms with Gasteiger partial charge in [-0.1, -0.05) is 11.6 Å². The Bertz CT molecular complexity index is 524. The zero-order chi connectivity index (χ0) is 16.4. The minimum absolute atomic E-state index is 0.144. The van der Waals surface area contributed by atoms with Crippen molar-refractivity contribution in [3.8, 4) is 0 Å². The Hall–Kier alpha value is -1.43. The van der Waals surface area contributed by atoms with Crippen molar-refractivity contribution in [2.75, 3.05) is 5.32 Å². The predicted octanol–water partition coefficient (Wildman–Crippen LogP) is 4.50. The number of hydrogen-bond acceptors (Lipinski definition) is 3. The van der Waals surface area contributed by atoms with E-state index in [-0.39, 0.29) is 5.69 Å². The fourth-order valence-electron chi connectivity index (χ4n) is 1.53. The van der Waals surface area contributed by atoms with Gasteiger partial charge in [-0.2, -0.15) is 13.2 Å². The zero-order valence-electron chi connectivity index (χ0n) is 12.1. The second kappa shape index (κ2) is 6.13. The smallest absolute Gasteiger partial charge is 0.417 e. The van der Waals surface area contributed by atoms with E-state index in [1.807, 2.05) is 0 Å². The van der Waals surface area contributed by atoms with Crippen LogP contribution in [-0.2, 0) is 15.7 Å². The van der Waals surface area contributed by atoms with Gasteiger partial charge in [0, 0.05) is 5.69 Å². The highest BCUT2D eigenvalue weighted by atomic mass is 35.5. The molecule has 0 aliphatic rings. The normalized spacial score (nSPS) is 13.7. The van der Waals surface area contributed by atoms with Crippen LogP contribution in [0.1, 0.15) is 33.3 Å². The van der Waals surface area contributed by atoms with Gasteiger partial charge in [0.25, 0.3) is 0 Å². The van der Waals surface area contributed by atoms with Crippen molar-refractivity contribution in [1.82, 2.24) is 0 Å². The van der Waals surface area contributed by atoms with Crippen molar-refractivity contribution >= 4 is 23.3 Å². The van der Waals surface area contributed by atoms with Gasteiger partial charge in [-0.05, 0) is 45.9 Å². The summed E-state index contributed by atoms with van der Waals surface area (Å²) in [5, 5.41) is 2.28. The van der Waals surface area contributed by atoms with Gasteiger partial charge in [-0.25, -0.2) is 4.79 Å². The van der Waals surface area contributed by atoms with Crippen LogP contribution in [0.2, 0.25) is 5.02 Å². The first-order chi connectivity index (χ1) is 9.40. The summed E-state index contributed by atoms with van der Waals surface area (Å²) in [7, 11) is 0. The second-order valence-corrected chi connectivity index (χ2v) is 6.00. The average Bonchev–Trinajstić information content (AvgIpc) is 2.27. The van der Waals surface area contributed by atoms with Crippen LogP contribution in [0.15, 0.2) is 18.2 Å². The van der Waals surface area contributed by atoms with Gasteiger partial charge in [-0.15, -0.1) is 0 Å². The number of halogens is 4. The fraction of sp³-hybridized carbons (Fsp3) is 0.500. The Kier molecular flexibility index (Phi) is 5.15. The SMILES string of the molecule is CC(Nc1ccc(Cl)c(C(F)(F)F)c1)C(=O)OC(C)(C)C. The highest BCUT2D eigenvalue weighted by Gasteiger charge is 2.33. The van der Waals surface area contributed by atoms with Crippen LogP contribution in [0.3, 0.4) is 0 Å². The van der Waals surface area contributed by atoms with Gasteiger partial charge in [-0.3, -0.25) is 0 Å². The van der Waals surface area contributed by atoms with Crippen LogP contribution in [0.25, 0.3) is 0 Å². The van der Waals surface area contributed by atoms with E-state index in [0.29, 0.717) is 0 Å². The molecule has 118 valence electrons. The molecule has 1 rings (SSSR count). The molecule has 0 aliphatic carbocycles. The lowest BCUT2D eigenvalue weighted by Gasteiger charge is -2.23. The minimum Gasteiger partial charge on any atom is -0.458 e. The van der Waals surface area contributed by atoms with Crippen molar-refractivity contribution < 1.29 is 22.7 Å². The maximum absolute atomic E-state index is 12.7. The number of esters is 1. The maximum Gasteiger partial charge on any atom is 0.417 e. The van der Waals surface area contributed by atoms with Crippen LogP contribution >= 0.6 is 11.6 Å². The van der Waals surface area contributed by atoms with Crippen molar-refractivity contribution in [2.45, 2.75) is 45.5 Å². The highest BCUT2D eigenvalue weighted by Crippen LogP contribution is 2.36. The molecule has 0 heterocycles. The van der Waals surface area contributed by atoms with Gasteiger partial charge >= 0.3 is 12.1 Å². The number of hydrogen-bond donors (Lipinski definition) is 1. The van der Waals surface area contributed by atoms with E-state index in [2.05, 4.69) is 5.32 Å². The van der Waals surface area contributed by atoms with Gasteiger partial charge in [0.05, 0.1) is 10.6 Å². The molecule has 0 aromatic heterocycles. The lowest BCUT2D eigenvalue weighted by atomic mass is 10.1. The summed E-state index contributed by atoms with van der Waals surface area (Å²) in [4.78, 5) is 11.8. The standard InChI is InChI=1S/C14H17ClF3NO2/c1-8(12(20)21-13(2,3)4)19-9-5-6-11(15)10(7-9)14(16,17)18/h5-8,19H,1-4H3. The molecule has 0 fully saturated rings. The topological polar surface area (TPSA) is 38.3 Å². The van der Waals surface area contributed by atoms with E-state index in [0.717, 1.165) is 12.1 Å². The van der Waals surface area contributed by atoms with Crippen LogP contribution < -0.4 is 5.32 Å². The third-order valence-corrected chi connectivity index (χ3v) is 2.74. The molecule has 0 spiro atoms. The number of carbonyl (C=O) groups excluding carboxylic acids is 1. The highest BCUT2D eigenvalue weighted by molar-refractivity contribution is 6.31. The van der Waals surface area contributed by atoms with Gasteiger partial charge in [0.2, 0.25) is 0 Å². The van der Waals surface area contributed by atoms with E-state index in [1.165, 1.54) is 13.0 Å². The number of alkyl halides is 3. The molecule has 1 aromatic rings. The molecule has 1 aromatic carbocycles. The molecular weight excluding hydrogens is 307 g/mol. The molecule has 0 aliphatic heterocycles. The summed E-state index contributed by atoms with van der Waals surface area (Å²) >= 11 is 5.53. The Balaban J connectivity index is 2.87. The minimum atomic E-state index is -4.55. The first-order valence-corrected chi connectivity index (χ1v) is 6.64. The van der Waals surface area contributed by atoms with Gasteiger partial charge in [0.1, 0.15) is 11.6 Å². The Morgan fingerprint density at radius 1 is 1.29 bits per heavy atom. The van der Waals surface area contributed by atoms with Gasteiger partial charge < -0.3 is 10.1 Å². The molecule has 0 saturated heterocycles. The van der Waals surface area contributed by atoms with Crippen molar-refractivity contribution in [1.29, 1.82) is 0 Å². The fourth-order valence-corrected chi connectivity index (χ4v) is 1.76. The van der Waals surface area contributed by atoms with E-state index < -0.39 is 34.4 Å². The van der Waals surface area contributed by atoms with Crippen molar-refractivity contribution in [3.63, 3.8) is 0 Å². The summed E-state index contributed by atoms with van der Waals surface area (Å²) < 4.78 is 43.4. The summed E-state index contributed by atoms with van der Waals surface area (Å²) in [6.07, 6.45) is -4.55. The molecule has 0 amide bonds. The third-order valence-electron chi connectivity index (χ3n) is 2.42. The number of anilines is 1. The quantitative estimate of drug-likeness (QED) is 0.832. The Morgan fingerprint density at radius 2 is 1.86 bits per heavy atom. The first-order valence-electron chi connectivity index (χ1n) is 6.26. The second-order valence-electron chi connectivity index (χ2n) is 5.59. The van der Waals surface area contributed by atoms with E-state index >= 15 is 0 Å². The Labute approximate surface area is 126 Å². The molecule has 0 saturated carbocycles. The van der Waals surface area contributed by atoms with Crippen LogP contribution in [0.4, 0.5) is 18.9 Å². The molecule has 3 nitrogen and oxygen atoms in total. The van der Waals surface area contributed by atoms with Crippen molar-refractivity contribution in [3.05, 3.63) is 28.8 Å². The third kappa shape index (κ3) is 5.46. The van der Waals surface area contributed by atoms with Crippen molar-refractivity contribution in [2.24, 2.45) is 0 Å². The summed E-state index contributed by atoms with van der Waals surface area (Å²) in [6, 6.07) is 2.59. The maximum atomic E-state index is 12.7. The lowest BCUT2D eigenvalue weighted by molar-refractivity contribution is -0.155. The van der Waals surface area contributed by atoms with E-state index in [9.17, 15) is 18.0 Å². The predicted molar refractivity (Wildman–Crippen MR) is 75.4 cm³/mol. The zero-order valence-corrected chi connectivity index (χ0v) is 12.9. The summed E-state index contributed by atoms with van der Waals surface area (Å²) in [6.45, 7) is 6.64. The molecule has 1 N–H and O–H groups in total. The number of nitrogens with one attached hydrogen (secondary N) is 1. The van der Waals surface area contributed by atoms with E-state index in [1.54, 1.807) is 20.8 Å². The molecule has 0 bridgehead atoms. The van der Waals surface area contributed by atoms with Crippen LogP contribution in [0, 0.1) is 0 Å². The molecule has 0 radical (unpaired) electrons.